The van der Waals surface area contributed by atoms with Crippen LogP contribution in [0.25, 0.3) is 33.9 Å². The molecule has 0 atom stereocenters. The summed E-state index contributed by atoms with van der Waals surface area (Å²) in [5.74, 6) is 1.68. The second kappa shape index (κ2) is 8.80. The average molecular weight is 476 g/mol. The Morgan fingerprint density at radius 3 is 2.43 bits per heavy atom. The molecule has 3 aromatic heterocycles. The normalized spacial score (nSPS) is 11.4. The molecule has 180 valence electrons. The van der Waals surface area contributed by atoms with E-state index in [0.717, 1.165) is 11.3 Å². The maximum Gasteiger partial charge on any atom is 0.332 e. The molecule has 10 nitrogen and oxygen atoms in total. The number of rotatable bonds is 7. The zero-order chi connectivity index (χ0) is 24.7. The van der Waals surface area contributed by atoms with Gasteiger partial charge in [-0.25, -0.2) is 4.79 Å². The van der Waals surface area contributed by atoms with Crippen molar-refractivity contribution in [2.75, 3.05) is 27.9 Å². The third-order valence-electron chi connectivity index (χ3n) is 6.07. The maximum atomic E-state index is 13.5. The van der Waals surface area contributed by atoms with Gasteiger partial charge in [-0.3, -0.25) is 22.9 Å². The predicted octanol–water partition coefficient (Wildman–Crippen LogP) is 2.47. The molecule has 0 aliphatic carbocycles. The van der Waals surface area contributed by atoms with Gasteiger partial charge in [0.1, 0.15) is 11.5 Å². The minimum absolute atomic E-state index is 0.143. The monoisotopic (exact) mass is 475 g/mol. The molecular formula is C25H25N5O5. The summed E-state index contributed by atoms with van der Waals surface area (Å²) in [5.41, 5.74) is 2.17. The number of imidazole rings is 2. The molecule has 0 saturated carbocycles. The van der Waals surface area contributed by atoms with Crippen LogP contribution in [0.4, 0.5) is 0 Å². The first-order chi connectivity index (χ1) is 17.0. The molecule has 2 aromatic carbocycles. The third kappa shape index (κ3) is 3.50. The number of hydrogen-bond donors (Lipinski definition) is 0. The lowest BCUT2D eigenvalue weighted by Gasteiger charge is -2.14. The number of nitrogens with zero attached hydrogens (tertiary/aromatic N) is 5. The summed E-state index contributed by atoms with van der Waals surface area (Å²) in [6, 6.07) is 15.3. The molecule has 5 aromatic rings. The zero-order valence-electron chi connectivity index (χ0n) is 19.9. The number of benzene rings is 2. The highest BCUT2D eigenvalue weighted by Crippen LogP contribution is 2.34. The standard InChI is InChI=1S/C25H25N5O5/c1-27-22-21(23(31)28(25(27)32)12-13-33-2)29-15-19(16-8-6-5-7-9-16)30(24(29)26-22)18-11-10-17(34-3)14-20(18)35-4/h5-11,14-15H,12-13H2,1-4H3. The van der Waals surface area contributed by atoms with Crippen LogP contribution in [0.5, 0.6) is 11.5 Å². The summed E-state index contributed by atoms with van der Waals surface area (Å²) in [6.45, 7) is 0.381. The Labute approximate surface area is 200 Å². The molecule has 0 N–H and O–H groups in total. The summed E-state index contributed by atoms with van der Waals surface area (Å²) in [4.78, 5) is 31.1. The van der Waals surface area contributed by atoms with Gasteiger partial charge in [-0.2, -0.15) is 4.98 Å². The Morgan fingerprint density at radius 2 is 1.74 bits per heavy atom. The molecule has 0 amide bonds. The molecule has 35 heavy (non-hydrogen) atoms. The van der Waals surface area contributed by atoms with E-state index in [9.17, 15) is 9.59 Å². The maximum absolute atomic E-state index is 13.5. The minimum Gasteiger partial charge on any atom is -0.497 e. The quantitative estimate of drug-likeness (QED) is 0.359. The minimum atomic E-state index is -0.447. The highest BCUT2D eigenvalue weighted by atomic mass is 16.5. The zero-order valence-corrected chi connectivity index (χ0v) is 19.9. The molecule has 5 rings (SSSR count). The van der Waals surface area contributed by atoms with E-state index in [1.54, 1.807) is 31.7 Å². The van der Waals surface area contributed by atoms with Crippen molar-refractivity contribution in [3.63, 3.8) is 0 Å². The van der Waals surface area contributed by atoms with Gasteiger partial charge < -0.3 is 14.2 Å². The van der Waals surface area contributed by atoms with E-state index in [-0.39, 0.29) is 13.2 Å². The number of methoxy groups -OCH3 is 3. The lowest BCUT2D eigenvalue weighted by Crippen LogP contribution is -2.40. The van der Waals surface area contributed by atoms with Gasteiger partial charge in [0.2, 0.25) is 5.78 Å². The topological polar surface area (TPSA) is 93.9 Å². The van der Waals surface area contributed by atoms with Crippen LogP contribution in [0.2, 0.25) is 0 Å². The van der Waals surface area contributed by atoms with Crippen molar-refractivity contribution in [2.24, 2.45) is 7.05 Å². The van der Waals surface area contributed by atoms with E-state index in [2.05, 4.69) is 0 Å². The Bertz CT molecular complexity index is 1660. The van der Waals surface area contributed by atoms with Crippen LogP contribution in [0.15, 0.2) is 64.3 Å². The summed E-state index contributed by atoms with van der Waals surface area (Å²) in [6.07, 6.45) is 1.86. The summed E-state index contributed by atoms with van der Waals surface area (Å²) < 4.78 is 22.4. The molecule has 0 unspecified atom stereocenters. The first kappa shape index (κ1) is 22.5. The molecule has 0 bridgehead atoms. The second-order valence-corrected chi connectivity index (χ2v) is 8.00. The molecule has 3 heterocycles. The van der Waals surface area contributed by atoms with Crippen molar-refractivity contribution >= 4 is 16.9 Å². The van der Waals surface area contributed by atoms with E-state index < -0.39 is 11.2 Å². The smallest absolute Gasteiger partial charge is 0.332 e. The highest BCUT2D eigenvalue weighted by molar-refractivity contribution is 5.80. The van der Waals surface area contributed by atoms with E-state index in [1.807, 2.05) is 53.2 Å². The van der Waals surface area contributed by atoms with Crippen LogP contribution in [-0.4, -0.2) is 51.0 Å². The Kier molecular flexibility index (Phi) is 5.65. The predicted molar refractivity (Wildman–Crippen MR) is 132 cm³/mol. The molecule has 0 saturated heterocycles. The van der Waals surface area contributed by atoms with Gasteiger partial charge in [-0.1, -0.05) is 30.3 Å². The fraction of sp³-hybridized carbons (Fsp3) is 0.240. The van der Waals surface area contributed by atoms with Gasteiger partial charge in [0.25, 0.3) is 5.56 Å². The average Bonchev–Trinajstić information content (AvgIpc) is 3.44. The summed E-state index contributed by atoms with van der Waals surface area (Å²) >= 11 is 0. The highest BCUT2D eigenvalue weighted by Gasteiger charge is 2.24. The lowest BCUT2D eigenvalue weighted by molar-refractivity contribution is 0.184. The van der Waals surface area contributed by atoms with Crippen LogP contribution >= 0.6 is 0 Å². The van der Waals surface area contributed by atoms with Crippen LogP contribution in [0.1, 0.15) is 0 Å². The largest absolute Gasteiger partial charge is 0.497 e. The van der Waals surface area contributed by atoms with Gasteiger partial charge in [0, 0.05) is 32.0 Å². The molecule has 0 aliphatic rings. The number of fused-ring (bicyclic) bond motifs is 3. The Balaban J connectivity index is 1.91. The number of ether oxygens (including phenoxy) is 3. The van der Waals surface area contributed by atoms with E-state index in [1.165, 1.54) is 16.2 Å². The van der Waals surface area contributed by atoms with Crippen molar-refractivity contribution in [3.05, 3.63) is 75.6 Å². The van der Waals surface area contributed by atoms with Crippen LogP contribution in [0, 0.1) is 0 Å². The second-order valence-electron chi connectivity index (χ2n) is 8.00. The molecule has 0 spiro atoms. The van der Waals surface area contributed by atoms with E-state index in [4.69, 9.17) is 19.2 Å². The SMILES string of the molecule is COCCn1c(=O)c2c(nc3n(-c4ccc(OC)cc4OC)c(-c4ccccc4)cn23)n(C)c1=O. The first-order valence-electron chi connectivity index (χ1n) is 11.0. The molecular weight excluding hydrogens is 450 g/mol. The van der Waals surface area contributed by atoms with E-state index in [0.29, 0.717) is 34.1 Å². The van der Waals surface area contributed by atoms with Crippen molar-refractivity contribution in [1.29, 1.82) is 0 Å². The molecule has 0 radical (unpaired) electrons. The third-order valence-corrected chi connectivity index (χ3v) is 6.07. The van der Waals surface area contributed by atoms with Crippen molar-refractivity contribution in [3.8, 4) is 28.4 Å². The molecule has 10 heteroatoms. The molecule has 0 aliphatic heterocycles. The Hall–Kier alpha value is -4.31. The fourth-order valence-electron chi connectivity index (χ4n) is 4.30. The van der Waals surface area contributed by atoms with Gasteiger partial charge in [-0.05, 0) is 12.1 Å². The number of hydrogen-bond acceptors (Lipinski definition) is 6. The van der Waals surface area contributed by atoms with Crippen molar-refractivity contribution in [2.45, 2.75) is 6.54 Å². The van der Waals surface area contributed by atoms with E-state index >= 15 is 0 Å². The number of aryl methyl sites for hydroxylation is 1. The molecule has 0 fully saturated rings. The number of aromatic nitrogens is 5. The van der Waals surface area contributed by atoms with Gasteiger partial charge in [0.15, 0.2) is 11.2 Å². The van der Waals surface area contributed by atoms with Crippen molar-refractivity contribution < 1.29 is 14.2 Å². The van der Waals surface area contributed by atoms with Gasteiger partial charge in [0.05, 0.1) is 38.8 Å². The van der Waals surface area contributed by atoms with Crippen LogP contribution in [0.3, 0.4) is 0 Å². The van der Waals surface area contributed by atoms with Gasteiger partial charge >= 0.3 is 5.69 Å². The Morgan fingerprint density at radius 1 is 0.971 bits per heavy atom. The van der Waals surface area contributed by atoms with Crippen LogP contribution in [-0.2, 0) is 18.3 Å². The lowest BCUT2D eigenvalue weighted by atomic mass is 10.1. The van der Waals surface area contributed by atoms with Crippen molar-refractivity contribution in [1.82, 2.24) is 23.1 Å². The van der Waals surface area contributed by atoms with Gasteiger partial charge in [-0.15, -0.1) is 0 Å². The first-order valence-corrected chi connectivity index (χ1v) is 11.0. The summed E-state index contributed by atoms with van der Waals surface area (Å²) in [5, 5.41) is 0. The summed E-state index contributed by atoms with van der Waals surface area (Å²) in [7, 11) is 6.31. The fourth-order valence-corrected chi connectivity index (χ4v) is 4.30. The van der Waals surface area contributed by atoms with Crippen LogP contribution < -0.4 is 20.7 Å².